The van der Waals surface area contributed by atoms with Crippen molar-refractivity contribution in [1.29, 1.82) is 0 Å². The van der Waals surface area contributed by atoms with Crippen LogP contribution in [0.5, 0.6) is 0 Å². The minimum absolute atomic E-state index is 0.243. The van der Waals surface area contributed by atoms with Gasteiger partial charge in [-0.15, -0.1) is 0 Å². The van der Waals surface area contributed by atoms with Gasteiger partial charge in [-0.05, 0) is 31.5 Å². The first kappa shape index (κ1) is 16.6. The van der Waals surface area contributed by atoms with Crippen molar-refractivity contribution in [2.45, 2.75) is 20.4 Å². The molecule has 3 rings (SSSR count). The lowest BCUT2D eigenvalue weighted by atomic mass is 10.1. The second kappa shape index (κ2) is 6.35. The number of fused-ring (bicyclic) bond motifs is 2. The smallest absolute Gasteiger partial charge is 0.278 e. The standard InChI is InChI=1S/C18H19N5O2/c1-4-8-22-15(19)12(17(24)20-5-2)9-13-16(22)21-14-7-6-11(3)10-23(14)18(13)25/h4,6-7,9-10,19H,1,5,8H2,2-3H3,(H,20,24)/p+1. The quantitative estimate of drug-likeness (QED) is 0.421. The average Bonchev–Trinajstić information content (AvgIpc) is 2.58. The highest BCUT2D eigenvalue weighted by Gasteiger charge is 2.23. The van der Waals surface area contributed by atoms with Gasteiger partial charge in [0.1, 0.15) is 10.9 Å². The fourth-order valence-electron chi connectivity index (χ4n) is 2.81. The third-order valence-corrected chi connectivity index (χ3v) is 3.99. The number of nitrogens with two attached hydrogens (primary N) is 1. The normalized spacial score (nSPS) is 11.0. The van der Waals surface area contributed by atoms with Crippen LogP contribution in [0.1, 0.15) is 22.8 Å². The number of aromatic nitrogens is 3. The molecule has 128 valence electrons. The van der Waals surface area contributed by atoms with Gasteiger partial charge in [0.15, 0.2) is 0 Å². The van der Waals surface area contributed by atoms with Crippen LogP contribution in [0.25, 0.3) is 16.7 Å². The number of nitrogens with one attached hydrogen (secondary N) is 1. The minimum Gasteiger partial charge on any atom is -0.352 e. The summed E-state index contributed by atoms with van der Waals surface area (Å²) in [6.07, 6.45) is 3.38. The number of nitrogen functional groups attached to an aromatic ring is 1. The maximum absolute atomic E-state index is 13.0. The lowest BCUT2D eigenvalue weighted by Crippen LogP contribution is -2.42. The number of carbonyl (C=O) groups is 1. The van der Waals surface area contributed by atoms with Crippen LogP contribution in [-0.4, -0.2) is 21.8 Å². The zero-order valence-electron chi connectivity index (χ0n) is 14.2. The first-order valence-electron chi connectivity index (χ1n) is 8.02. The van der Waals surface area contributed by atoms with Gasteiger partial charge in [-0.3, -0.25) is 14.0 Å². The van der Waals surface area contributed by atoms with Gasteiger partial charge in [-0.2, -0.15) is 0 Å². The summed E-state index contributed by atoms with van der Waals surface area (Å²) < 4.78 is 3.11. The van der Waals surface area contributed by atoms with Crippen molar-refractivity contribution >= 4 is 28.4 Å². The van der Waals surface area contributed by atoms with E-state index >= 15 is 0 Å². The first-order valence-corrected chi connectivity index (χ1v) is 8.02. The third kappa shape index (κ3) is 2.73. The summed E-state index contributed by atoms with van der Waals surface area (Å²) in [6.45, 7) is 8.24. The van der Waals surface area contributed by atoms with Crippen molar-refractivity contribution in [3.63, 3.8) is 0 Å². The number of hydrogen-bond acceptors (Lipinski definition) is 4. The molecule has 0 atom stereocenters. The molecule has 0 aliphatic carbocycles. The molecule has 0 aliphatic heterocycles. The van der Waals surface area contributed by atoms with E-state index in [0.717, 1.165) is 5.56 Å². The summed E-state index contributed by atoms with van der Waals surface area (Å²) in [5.41, 5.74) is 8.09. The van der Waals surface area contributed by atoms with E-state index in [0.29, 0.717) is 29.8 Å². The summed E-state index contributed by atoms with van der Waals surface area (Å²) in [7, 11) is 0. The van der Waals surface area contributed by atoms with E-state index in [1.165, 1.54) is 10.5 Å². The maximum Gasteiger partial charge on any atom is 0.278 e. The van der Waals surface area contributed by atoms with E-state index in [2.05, 4.69) is 16.9 Å². The Morgan fingerprint density at radius 2 is 2.24 bits per heavy atom. The largest absolute Gasteiger partial charge is 0.352 e. The van der Waals surface area contributed by atoms with Crippen molar-refractivity contribution in [3.05, 3.63) is 58.5 Å². The molecule has 7 nitrogen and oxygen atoms in total. The molecule has 3 aromatic rings. The third-order valence-electron chi connectivity index (χ3n) is 3.99. The molecule has 0 unspecified atom stereocenters. The predicted octanol–water partition coefficient (Wildman–Crippen LogP) is 0.962. The van der Waals surface area contributed by atoms with Gasteiger partial charge < -0.3 is 11.1 Å². The van der Waals surface area contributed by atoms with Crippen molar-refractivity contribution in [3.8, 4) is 0 Å². The molecule has 0 spiro atoms. The van der Waals surface area contributed by atoms with E-state index in [-0.39, 0.29) is 22.8 Å². The Morgan fingerprint density at radius 3 is 2.92 bits per heavy atom. The molecule has 1 amide bonds. The molecule has 3 N–H and O–H groups in total. The van der Waals surface area contributed by atoms with Crippen molar-refractivity contribution in [2.75, 3.05) is 12.3 Å². The van der Waals surface area contributed by atoms with Gasteiger partial charge in [0.25, 0.3) is 17.1 Å². The minimum atomic E-state index is -0.326. The second-order valence-electron chi connectivity index (χ2n) is 5.79. The molecule has 0 radical (unpaired) electrons. The van der Waals surface area contributed by atoms with Crippen LogP contribution in [0, 0.1) is 6.92 Å². The fraction of sp³-hybridized carbons (Fsp3) is 0.222. The van der Waals surface area contributed by atoms with Gasteiger partial charge in [0, 0.05) is 12.7 Å². The second-order valence-corrected chi connectivity index (χ2v) is 5.79. The zero-order chi connectivity index (χ0) is 18.1. The van der Waals surface area contributed by atoms with Crippen molar-refractivity contribution < 1.29 is 9.36 Å². The molecule has 0 bridgehead atoms. The van der Waals surface area contributed by atoms with Crippen molar-refractivity contribution in [2.24, 2.45) is 0 Å². The van der Waals surface area contributed by atoms with Crippen molar-refractivity contribution in [1.82, 2.24) is 14.7 Å². The number of anilines is 1. The lowest BCUT2D eigenvalue weighted by Gasteiger charge is -2.11. The van der Waals surface area contributed by atoms with Crippen LogP contribution in [0.3, 0.4) is 0 Å². The number of pyridine rings is 2. The summed E-state index contributed by atoms with van der Waals surface area (Å²) in [5.74, 6) is -0.0739. The van der Waals surface area contributed by atoms with Crippen LogP contribution in [0.4, 0.5) is 5.82 Å². The Morgan fingerprint density at radius 1 is 1.48 bits per heavy atom. The number of rotatable bonds is 4. The van der Waals surface area contributed by atoms with Gasteiger partial charge in [-0.25, -0.2) is 4.57 Å². The highest BCUT2D eigenvalue weighted by Crippen LogP contribution is 2.15. The molecule has 3 heterocycles. The number of hydrogen-bond donors (Lipinski definition) is 2. The van der Waals surface area contributed by atoms with Gasteiger partial charge >= 0.3 is 0 Å². The molecule has 0 saturated carbocycles. The predicted molar refractivity (Wildman–Crippen MR) is 96.5 cm³/mol. The van der Waals surface area contributed by atoms with E-state index in [4.69, 9.17) is 5.73 Å². The SMILES string of the molecule is C=CC[n+]1c(N)c(C(=O)NCC)cc2c(=O)n3cc(C)ccc3nc21. The van der Waals surface area contributed by atoms with Crippen LogP contribution >= 0.6 is 0 Å². The van der Waals surface area contributed by atoms with Gasteiger partial charge in [-0.1, -0.05) is 23.7 Å². The molecule has 7 heteroatoms. The Kier molecular flexibility index (Phi) is 4.22. The van der Waals surface area contributed by atoms with Crippen LogP contribution in [-0.2, 0) is 6.54 Å². The zero-order valence-corrected chi connectivity index (χ0v) is 14.2. The molecule has 25 heavy (non-hydrogen) atoms. The summed E-state index contributed by atoms with van der Waals surface area (Å²) >= 11 is 0. The van der Waals surface area contributed by atoms with E-state index in [9.17, 15) is 9.59 Å². The molecule has 0 aliphatic rings. The van der Waals surface area contributed by atoms with Crippen LogP contribution < -0.4 is 21.2 Å². The van der Waals surface area contributed by atoms with E-state index in [1.807, 2.05) is 19.9 Å². The number of nitrogens with zero attached hydrogens (tertiary/aromatic N) is 3. The highest BCUT2D eigenvalue weighted by molar-refractivity contribution is 6.00. The Balaban J connectivity index is 2.46. The Hall–Kier alpha value is -3.22. The fourth-order valence-corrected chi connectivity index (χ4v) is 2.81. The van der Waals surface area contributed by atoms with Gasteiger partial charge in [0.2, 0.25) is 11.5 Å². The Labute approximate surface area is 144 Å². The summed E-state index contributed by atoms with van der Waals surface area (Å²) in [4.78, 5) is 29.9. The van der Waals surface area contributed by atoms with Gasteiger partial charge in [0.05, 0.1) is 6.54 Å². The number of aryl methyl sites for hydroxylation is 1. The number of carbonyl (C=O) groups excluding carboxylic acids is 1. The molecule has 0 fully saturated rings. The van der Waals surface area contributed by atoms with E-state index < -0.39 is 0 Å². The molecular formula is C18H20N5O2+. The highest BCUT2D eigenvalue weighted by atomic mass is 16.1. The molecule has 3 aromatic heterocycles. The summed E-state index contributed by atoms with van der Waals surface area (Å²) in [6, 6.07) is 5.18. The van der Waals surface area contributed by atoms with E-state index in [1.54, 1.807) is 22.9 Å². The topological polar surface area (TPSA) is 93.4 Å². The Bertz CT molecular complexity index is 1070. The monoisotopic (exact) mass is 338 g/mol. The number of amides is 1. The van der Waals surface area contributed by atoms with Crippen LogP contribution in [0.2, 0.25) is 0 Å². The molecule has 0 saturated heterocycles. The summed E-state index contributed by atoms with van der Waals surface area (Å²) in [5, 5.41) is 3.05. The molecular weight excluding hydrogens is 318 g/mol. The number of allylic oxidation sites excluding steroid dienone is 1. The first-order chi connectivity index (χ1) is 12.0. The maximum atomic E-state index is 13.0. The average molecular weight is 338 g/mol. The van der Waals surface area contributed by atoms with Crippen LogP contribution in [0.15, 0.2) is 41.8 Å². The lowest BCUT2D eigenvalue weighted by molar-refractivity contribution is -0.648. The molecule has 0 aromatic carbocycles.